The molecular weight excluding hydrogens is 254 g/mol. The van der Waals surface area contributed by atoms with Crippen LogP contribution in [0.2, 0.25) is 0 Å². The molecule has 1 atom stereocenters. The smallest absolute Gasteiger partial charge is 0.287 e. The van der Waals surface area contributed by atoms with Crippen molar-refractivity contribution in [3.05, 3.63) is 35.8 Å². The number of nitrogens with one attached hydrogen (secondary N) is 1. The molecule has 0 aromatic carbocycles. The Balaban J connectivity index is 2.00. The number of amides is 1. The van der Waals surface area contributed by atoms with Crippen molar-refractivity contribution in [1.82, 2.24) is 5.32 Å². The van der Waals surface area contributed by atoms with E-state index in [9.17, 15) is 9.90 Å². The van der Waals surface area contributed by atoms with E-state index in [4.69, 9.17) is 4.42 Å². The normalized spacial score (nSPS) is 18.2. The Morgan fingerprint density at radius 1 is 1.50 bits per heavy atom. The second-order valence-electron chi connectivity index (χ2n) is 5.41. The van der Waals surface area contributed by atoms with E-state index in [2.05, 4.69) is 23.2 Å². The molecule has 1 aromatic rings. The van der Waals surface area contributed by atoms with Gasteiger partial charge in [0.15, 0.2) is 11.5 Å². The van der Waals surface area contributed by atoms with E-state index in [1.54, 1.807) is 26.0 Å². The quantitative estimate of drug-likeness (QED) is 0.641. The Morgan fingerprint density at radius 2 is 2.30 bits per heavy atom. The van der Waals surface area contributed by atoms with Crippen LogP contribution in [0.25, 0.3) is 0 Å². The summed E-state index contributed by atoms with van der Waals surface area (Å²) in [6.45, 7) is 3.18. The molecule has 2 N–H and O–H groups in total. The lowest BCUT2D eigenvalue weighted by Crippen LogP contribution is -2.34. The number of aliphatic hydroxyl groups is 1. The van der Waals surface area contributed by atoms with Gasteiger partial charge in [-0.1, -0.05) is 18.1 Å². The van der Waals surface area contributed by atoms with Crippen LogP contribution in [0.3, 0.4) is 0 Å². The largest absolute Gasteiger partial charge is 0.443 e. The van der Waals surface area contributed by atoms with Crippen LogP contribution in [0.4, 0.5) is 0 Å². The van der Waals surface area contributed by atoms with Gasteiger partial charge in [0.25, 0.3) is 5.91 Å². The fraction of sp³-hybridized carbons (Fsp3) is 0.438. The summed E-state index contributed by atoms with van der Waals surface area (Å²) in [4.78, 5) is 12.0. The average Bonchev–Trinajstić information content (AvgIpc) is 2.86. The average molecular weight is 273 g/mol. The number of rotatable bonds is 2. The predicted molar refractivity (Wildman–Crippen MR) is 76.1 cm³/mol. The molecule has 0 saturated heterocycles. The zero-order valence-corrected chi connectivity index (χ0v) is 11.8. The minimum absolute atomic E-state index is 0.0762. The molecule has 1 heterocycles. The Hall–Kier alpha value is -1.99. The van der Waals surface area contributed by atoms with E-state index in [0.717, 1.165) is 19.3 Å². The highest BCUT2D eigenvalue weighted by Crippen LogP contribution is 2.12. The summed E-state index contributed by atoms with van der Waals surface area (Å²) in [5.74, 6) is 5.72. The molecule has 0 saturated carbocycles. The fourth-order valence-electron chi connectivity index (χ4n) is 1.91. The second kappa shape index (κ2) is 5.98. The predicted octanol–water partition coefficient (Wildman–Crippen LogP) is 2.24. The van der Waals surface area contributed by atoms with Crippen molar-refractivity contribution in [3.8, 4) is 11.8 Å². The van der Waals surface area contributed by atoms with Crippen molar-refractivity contribution in [2.45, 2.75) is 44.8 Å². The maximum absolute atomic E-state index is 12.0. The summed E-state index contributed by atoms with van der Waals surface area (Å²) in [5.41, 5.74) is -1.08. The van der Waals surface area contributed by atoms with Gasteiger partial charge in [0, 0.05) is 6.04 Å². The number of carbonyl (C=O) groups excluding carboxylic acids is 1. The van der Waals surface area contributed by atoms with Crippen LogP contribution in [-0.2, 0) is 0 Å². The molecule has 0 aliphatic heterocycles. The fourth-order valence-corrected chi connectivity index (χ4v) is 1.91. The van der Waals surface area contributed by atoms with Gasteiger partial charge >= 0.3 is 0 Å². The molecule has 1 aromatic heterocycles. The van der Waals surface area contributed by atoms with Gasteiger partial charge in [-0.3, -0.25) is 4.79 Å². The molecule has 4 nitrogen and oxygen atoms in total. The van der Waals surface area contributed by atoms with E-state index >= 15 is 0 Å². The molecule has 0 fully saturated rings. The van der Waals surface area contributed by atoms with Crippen LogP contribution in [0.1, 0.15) is 49.4 Å². The lowest BCUT2D eigenvalue weighted by molar-refractivity contribution is 0.0913. The maximum atomic E-state index is 12.0. The van der Waals surface area contributed by atoms with Crippen LogP contribution in [0.15, 0.2) is 28.7 Å². The van der Waals surface area contributed by atoms with E-state index in [-0.39, 0.29) is 17.7 Å². The Kier molecular flexibility index (Phi) is 4.31. The van der Waals surface area contributed by atoms with Crippen LogP contribution in [0.5, 0.6) is 0 Å². The van der Waals surface area contributed by atoms with Gasteiger partial charge in [0.05, 0.1) is 0 Å². The van der Waals surface area contributed by atoms with Crippen LogP contribution >= 0.6 is 0 Å². The third-order valence-electron chi connectivity index (χ3n) is 2.89. The minimum atomic E-state index is -1.08. The molecule has 1 unspecified atom stereocenters. The summed E-state index contributed by atoms with van der Waals surface area (Å²) < 4.78 is 5.36. The van der Waals surface area contributed by atoms with Gasteiger partial charge in [-0.05, 0) is 51.2 Å². The Morgan fingerprint density at radius 3 is 2.95 bits per heavy atom. The highest BCUT2D eigenvalue weighted by molar-refractivity contribution is 5.91. The second-order valence-corrected chi connectivity index (χ2v) is 5.41. The monoisotopic (exact) mass is 273 g/mol. The molecule has 20 heavy (non-hydrogen) atoms. The number of carbonyl (C=O) groups is 1. The summed E-state index contributed by atoms with van der Waals surface area (Å²) in [5, 5.41) is 12.4. The molecule has 106 valence electrons. The van der Waals surface area contributed by atoms with Gasteiger partial charge in [-0.25, -0.2) is 0 Å². The molecule has 1 aliphatic carbocycles. The van der Waals surface area contributed by atoms with Crippen LogP contribution in [0, 0.1) is 11.8 Å². The molecule has 0 spiro atoms. The van der Waals surface area contributed by atoms with Crippen molar-refractivity contribution in [2.75, 3.05) is 0 Å². The zero-order chi connectivity index (χ0) is 14.6. The van der Waals surface area contributed by atoms with Gasteiger partial charge in [-0.2, -0.15) is 0 Å². The highest BCUT2D eigenvalue weighted by atomic mass is 16.3. The third kappa shape index (κ3) is 4.29. The van der Waals surface area contributed by atoms with Gasteiger partial charge in [0.1, 0.15) is 5.60 Å². The highest BCUT2D eigenvalue weighted by Gasteiger charge is 2.16. The molecule has 1 amide bonds. The van der Waals surface area contributed by atoms with Crippen molar-refractivity contribution in [2.24, 2.45) is 0 Å². The molecule has 0 bridgehead atoms. The lowest BCUT2D eigenvalue weighted by atomic mass is 10.0. The van der Waals surface area contributed by atoms with Gasteiger partial charge in [0.2, 0.25) is 0 Å². The molecule has 1 aliphatic rings. The van der Waals surface area contributed by atoms with E-state index in [1.165, 1.54) is 0 Å². The number of hydrogen-bond donors (Lipinski definition) is 2. The molecule has 0 radical (unpaired) electrons. The number of furan rings is 1. The first-order chi connectivity index (χ1) is 9.44. The maximum Gasteiger partial charge on any atom is 0.287 e. The van der Waals surface area contributed by atoms with Crippen LogP contribution in [-0.4, -0.2) is 22.7 Å². The van der Waals surface area contributed by atoms with E-state index in [0.29, 0.717) is 5.76 Å². The van der Waals surface area contributed by atoms with Gasteiger partial charge < -0.3 is 14.8 Å². The molecule has 4 heteroatoms. The minimum Gasteiger partial charge on any atom is -0.443 e. The van der Waals surface area contributed by atoms with Crippen molar-refractivity contribution in [1.29, 1.82) is 0 Å². The summed E-state index contributed by atoms with van der Waals surface area (Å²) >= 11 is 0. The Bertz CT molecular complexity index is 567. The number of hydrogen-bond acceptors (Lipinski definition) is 3. The Labute approximate surface area is 118 Å². The SMILES string of the molecule is CC(C)(O)C#Cc1ccc(C(=O)NC2C=CCCC2)o1. The van der Waals surface area contributed by atoms with Gasteiger partial charge in [-0.15, -0.1) is 0 Å². The topological polar surface area (TPSA) is 62.5 Å². The standard InChI is InChI=1S/C16H19NO3/c1-16(2,19)11-10-13-8-9-14(20-13)15(18)17-12-6-4-3-5-7-12/h4,6,8-9,12,19H,3,5,7H2,1-2H3,(H,17,18). The molecule has 2 rings (SSSR count). The summed E-state index contributed by atoms with van der Waals surface area (Å²) in [6, 6.07) is 3.30. The van der Waals surface area contributed by atoms with E-state index in [1.807, 2.05) is 6.08 Å². The first-order valence-corrected chi connectivity index (χ1v) is 6.77. The van der Waals surface area contributed by atoms with Crippen molar-refractivity contribution in [3.63, 3.8) is 0 Å². The molecular formula is C16H19NO3. The van der Waals surface area contributed by atoms with E-state index < -0.39 is 5.60 Å². The summed E-state index contributed by atoms with van der Waals surface area (Å²) in [7, 11) is 0. The van der Waals surface area contributed by atoms with Crippen molar-refractivity contribution >= 4 is 5.91 Å². The first-order valence-electron chi connectivity index (χ1n) is 6.77. The lowest BCUT2D eigenvalue weighted by Gasteiger charge is -2.16. The van der Waals surface area contributed by atoms with Crippen molar-refractivity contribution < 1.29 is 14.3 Å². The van der Waals surface area contributed by atoms with Crippen LogP contribution < -0.4 is 5.32 Å². The first kappa shape index (κ1) is 14.4. The third-order valence-corrected chi connectivity index (χ3v) is 2.89. The summed E-state index contributed by atoms with van der Waals surface area (Å²) in [6.07, 6.45) is 7.20. The number of allylic oxidation sites excluding steroid dienone is 1. The zero-order valence-electron chi connectivity index (χ0n) is 11.8.